The van der Waals surface area contributed by atoms with Crippen molar-refractivity contribution in [3.05, 3.63) is 113 Å². The summed E-state index contributed by atoms with van der Waals surface area (Å²) in [6, 6.07) is 27.8. The number of nitrogens with one attached hydrogen (secondary N) is 2. The zero-order valence-corrected chi connectivity index (χ0v) is 31.5. The van der Waals surface area contributed by atoms with E-state index in [4.69, 9.17) is 37.9 Å². The van der Waals surface area contributed by atoms with E-state index in [9.17, 15) is 4.79 Å². The van der Waals surface area contributed by atoms with Crippen molar-refractivity contribution >= 4 is 51.5 Å². The van der Waals surface area contributed by atoms with E-state index < -0.39 is 0 Å². The SMILES string of the molecule is COc1ccc(NC(=O)c2[nH]c3cc(Cl)ccc3c2-c2c(-c3ccccc3)ncn2C(C)c2ccc(Cl)cc2)c(N2CCN(C3CCCCC3)CC2)n1. The van der Waals surface area contributed by atoms with Gasteiger partial charge < -0.3 is 24.5 Å². The van der Waals surface area contributed by atoms with Gasteiger partial charge in [0.25, 0.3) is 5.91 Å². The maximum Gasteiger partial charge on any atom is 0.272 e. The monoisotopic (exact) mass is 747 g/mol. The second kappa shape index (κ2) is 15.3. The number of piperazine rings is 1. The predicted molar refractivity (Wildman–Crippen MR) is 215 cm³/mol. The van der Waals surface area contributed by atoms with Crippen molar-refractivity contribution in [1.82, 2.24) is 24.4 Å². The highest BCUT2D eigenvalue weighted by Crippen LogP contribution is 2.42. The van der Waals surface area contributed by atoms with Crippen LogP contribution in [0, 0.1) is 0 Å². The third-order valence-electron chi connectivity index (χ3n) is 10.8. The molecule has 4 heterocycles. The lowest BCUT2D eigenvalue weighted by Gasteiger charge is -2.41. The van der Waals surface area contributed by atoms with Crippen molar-refractivity contribution in [2.24, 2.45) is 0 Å². The van der Waals surface area contributed by atoms with Gasteiger partial charge in [0.2, 0.25) is 5.88 Å². The smallest absolute Gasteiger partial charge is 0.272 e. The molecular weight excluding hydrogens is 705 g/mol. The number of carbonyl (C=O) groups is 1. The van der Waals surface area contributed by atoms with Gasteiger partial charge in [0, 0.05) is 70.4 Å². The van der Waals surface area contributed by atoms with Crippen LogP contribution in [0.4, 0.5) is 11.5 Å². The molecule has 0 radical (unpaired) electrons. The van der Waals surface area contributed by atoms with E-state index in [1.54, 1.807) is 13.2 Å². The third-order valence-corrected chi connectivity index (χ3v) is 11.3. The van der Waals surface area contributed by atoms with Crippen LogP contribution in [0.15, 0.2) is 91.3 Å². The van der Waals surface area contributed by atoms with Gasteiger partial charge in [-0.25, -0.2) is 4.98 Å². The van der Waals surface area contributed by atoms with Gasteiger partial charge in [0.15, 0.2) is 5.82 Å². The number of aromatic nitrogens is 4. The molecule has 1 atom stereocenters. The second-order valence-corrected chi connectivity index (χ2v) is 14.9. The van der Waals surface area contributed by atoms with E-state index in [1.807, 2.05) is 85.2 Å². The summed E-state index contributed by atoms with van der Waals surface area (Å²) in [5.41, 5.74) is 6.06. The highest BCUT2D eigenvalue weighted by atomic mass is 35.5. The molecule has 1 aliphatic heterocycles. The summed E-state index contributed by atoms with van der Waals surface area (Å²) in [7, 11) is 1.62. The molecule has 2 fully saturated rings. The number of rotatable bonds is 9. The van der Waals surface area contributed by atoms with E-state index in [0.717, 1.165) is 65.2 Å². The molecule has 2 aliphatic rings. The standard InChI is InChI=1S/C42H43Cl2N7O2/c1-27(28-13-15-30(43)16-14-28)51-26-45-38(29-9-5-3-6-10-29)40(51)37-33-18-17-31(44)25-35(33)46-39(37)42(52)47-34-19-20-36(53-2)48-41(34)50-23-21-49(22-24-50)32-11-7-4-8-12-32/h3,5-6,9-10,13-20,25-27,32,46H,4,7-8,11-12,21-24H2,1-2H3,(H,47,52). The minimum absolute atomic E-state index is 0.134. The number of pyridine rings is 1. The number of amides is 1. The van der Waals surface area contributed by atoms with Crippen LogP contribution in [0.25, 0.3) is 33.4 Å². The summed E-state index contributed by atoms with van der Waals surface area (Å²) in [5.74, 6) is 0.904. The number of hydrogen-bond acceptors (Lipinski definition) is 6. The van der Waals surface area contributed by atoms with Crippen molar-refractivity contribution in [3.63, 3.8) is 0 Å². The molecule has 1 saturated carbocycles. The first-order valence-electron chi connectivity index (χ1n) is 18.4. The molecule has 1 unspecified atom stereocenters. The van der Waals surface area contributed by atoms with Crippen molar-refractivity contribution in [2.75, 3.05) is 43.5 Å². The van der Waals surface area contributed by atoms with Gasteiger partial charge in [-0.05, 0) is 55.7 Å². The highest BCUT2D eigenvalue weighted by Gasteiger charge is 2.30. The lowest BCUT2D eigenvalue weighted by atomic mass is 9.94. The Labute approximate surface area is 319 Å². The lowest BCUT2D eigenvalue weighted by molar-refractivity contribution is 0.102. The summed E-state index contributed by atoms with van der Waals surface area (Å²) >= 11 is 12.8. The number of carbonyl (C=O) groups excluding carboxylic acids is 1. The summed E-state index contributed by atoms with van der Waals surface area (Å²) in [4.78, 5) is 33.0. The number of benzene rings is 3. The molecule has 3 aromatic heterocycles. The largest absolute Gasteiger partial charge is 0.481 e. The van der Waals surface area contributed by atoms with Crippen LogP contribution in [-0.4, -0.2) is 69.7 Å². The molecule has 6 aromatic rings. The van der Waals surface area contributed by atoms with E-state index >= 15 is 0 Å². The summed E-state index contributed by atoms with van der Waals surface area (Å²) in [5, 5.41) is 5.34. The molecule has 11 heteroatoms. The molecule has 0 spiro atoms. The zero-order chi connectivity index (χ0) is 36.5. The molecule has 9 nitrogen and oxygen atoms in total. The predicted octanol–water partition coefficient (Wildman–Crippen LogP) is 9.73. The first kappa shape index (κ1) is 35.2. The molecule has 1 saturated heterocycles. The molecule has 0 bridgehead atoms. The summed E-state index contributed by atoms with van der Waals surface area (Å²) in [6.07, 6.45) is 8.38. The van der Waals surface area contributed by atoms with Crippen molar-refractivity contribution in [2.45, 2.75) is 51.1 Å². The van der Waals surface area contributed by atoms with Gasteiger partial charge in [-0.15, -0.1) is 0 Å². The summed E-state index contributed by atoms with van der Waals surface area (Å²) < 4.78 is 7.69. The van der Waals surface area contributed by atoms with Gasteiger partial charge >= 0.3 is 0 Å². The van der Waals surface area contributed by atoms with Gasteiger partial charge in [0.05, 0.1) is 36.6 Å². The van der Waals surface area contributed by atoms with Crippen LogP contribution in [-0.2, 0) is 0 Å². The van der Waals surface area contributed by atoms with Gasteiger partial charge in [0.1, 0.15) is 5.69 Å². The number of nitrogens with zero attached hydrogens (tertiary/aromatic N) is 5. The van der Waals surface area contributed by atoms with Gasteiger partial charge in [-0.2, -0.15) is 4.98 Å². The van der Waals surface area contributed by atoms with E-state index in [1.165, 1.54) is 32.1 Å². The van der Waals surface area contributed by atoms with Crippen molar-refractivity contribution < 1.29 is 9.53 Å². The van der Waals surface area contributed by atoms with Crippen LogP contribution in [0.3, 0.4) is 0 Å². The Morgan fingerprint density at radius 3 is 2.38 bits per heavy atom. The fourth-order valence-corrected chi connectivity index (χ4v) is 8.31. The average molecular weight is 749 g/mol. The number of hydrogen-bond donors (Lipinski definition) is 2. The number of imidazole rings is 1. The molecule has 2 N–H and O–H groups in total. The molecule has 1 amide bonds. The van der Waals surface area contributed by atoms with Crippen molar-refractivity contribution in [1.29, 1.82) is 0 Å². The molecule has 1 aliphatic carbocycles. The Kier molecular flexibility index (Phi) is 10.1. The molecule has 8 rings (SSSR count). The van der Waals surface area contributed by atoms with Crippen LogP contribution >= 0.6 is 23.2 Å². The number of H-pyrrole nitrogens is 1. The molecule has 53 heavy (non-hydrogen) atoms. The number of aromatic amines is 1. The number of fused-ring (bicyclic) bond motifs is 1. The van der Waals surface area contributed by atoms with Crippen LogP contribution in [0.1, 0.15) is 61.1 Å². The minimum Gasteiger partial charge on any atom is -0.481 e. The van der Waals surface area contributed by atoms with Crippen LogP contribution < -0.4 is 15.0 Å². The Balaban J connectivity index is 1.20. The zero-order valence-electron chi connectivity index (χ0n) is 30.0. The topological polar surface area (TPSA) is 91.3 Å². The fraction of sp³-hybridized carbons (Fsp3) is 0.310. The van der Waals surface area contributed by atoms with Crippen LogP contribution in [0.2, 0.25) is 10.0 Å². The maximum absolute atomic E-state index is 14.8. The van der Waals surface area contributed by atoms with Crippen LogP contribution in [0.5, 0.6) is 5.88 Å². The quantitative estimate of drug-likeness (QED) is 0.153. The van der Waals surface area contributed by atoms with Gasteiger partial charge in [-0.1, -0.05) is 91.0 Å². The first-order valence-corrected chi connectivity index (χ1v) is 19.2. The Morgan fingerprint density at radius 1 is 0.906 bits per heavy atom. The first-order chi connectivity index (χ1) is 25.9. The Hall–Kier alpha value is -4.83. The lowest BCUT2D eigenvalue weighted by Crippen LogP contribution is -2.51. The Morgan fingerprint density at radius 2 is 1.64 bits per heavy atom. The molecule has 3 aromatic carbocycles. The number of anilines is 2. The normalized spacial score (nSPS) is 16.2. The van der Waals surface area contributed by atoms with Gasteiger partial charge in [-0.3, -0.25) is 9.69 Å². The summed E-state index contributed by atoms with van der Waals surface area (Å²) in [6.45, 7) is 5.68. The molecular formula is C42H43Cl2N7O2. The van der Waals surface area contributed by atoms with Crippen molar-refractivity contribution in [3.8, 4) is 28.4 Å². The molecule has 272 valence electrons. The van der Waals surface area contributed by atoms with E-state index in [-0.39, 0.29) is 11.9 Å². The highest BCUT2D eigenvalue weighted by molar-refractivity contribution is 6.31. The fourth-order valence-electron chi connectivity index (χ4n) is 8.01. The Bertz CT molecular complexity index is 2220. The van der Waals surface area contributed by atoms with E-state index in [0.29, 0.717) is 39.2 Å². The second-order valence-electron chi connectivity index (χ2n) is 14.0. The average Bonchev–Trinajstić information content (AvgIpc) is 3.80. The number of methoxy groups -OCH3 is 1. The number of ether oxygens (including phenoxy) is 1. The third kappa shape index (κ3) is 7.13. The maximum atomic E-state index is 14.8. The minimum atomic E-state index is -0.299. The van der Waals surface area contributed by atoms with E-state index in [2.05, 4.69) is 31.6 Å². The number of halogens is 2.